The van der Waals surface area contributed by atoms with E-state index < -0.39 is 22.7 Å². The van der Waals surface area contributed by atoms with Gasteiger partial charge in [0.25, 0.3) is 0 Å². The maximum Gasteiger partial charge on any atom is 0.131 e. The van der Waals surface area contributed by atoms with E-state index >= 15 is 8.78 Å². The standard InChI is InChI=1S/C84H56F2N4S2/c1-83(2,89-65-39-19-7-25-49(65)50-26-8-20-40-66(50)89)77-75(57-31-5-15-35-61(57)85)79(87-63-37-17-11-33-59(63)73-69(87)47-45-55-53-29-13-23-43-71(53)91-81(55)73)78(84(3,4)90-67-41-21-9-27-51(67)52-28-10-22-42-68(52)90)80(76(77)58-32-6-16-36-62(58)86)88-64-38-18-12-34-60(64)74-70(88)48-46-56-54-30-14-24-44-72(54)92-82(56)74/h5-48H,1-4H3. The zero-order chi connectivity index (χ0) is 61.5. The first-order valence-corrected chi connectivity index (χ1v) is 33.1. The summed E-state index contributed by atoms with van der Waals surface area (Å²) in [5.41, 5.74) is 11.1. The van der Waals surface area contributed by atoms with Gasteiger partial charge in [-0.2, -0.15) is 0 Å². The van der Waals surface area contributed by atoms with Crippen LogP contribution in [0.1, 0.15) is 38.8 Å². The molecule has 0 fully saturated rings. The Labute approximate surface area is 535 Å². The monoisotopic (exact) mass is 1220 g/mol. The van der Waals surface area contributed by atoms with E-state index in [0.717, 1.165) is 110 Å². The summed E-state index contributed by atoms with van der Waals surface area (Å²) in [5.74, 6) is -0.782. The van der Waals surface area contributed by atoms with E-state index in [9.17, 15) is 0 Å². The van der Waals surface area contributed by atoms with Crippen molar-refractivity contribution in [1.82, 2.24) is 18.3 Å². The van der Waals surface area contributed by atoms with Crippen molar-refractivity contribution in [3.8, 4) is 33.6 Å². The van der Waals surface area contributed by atoms with Gasteiger partial charge in [-0.3, -0.25) is 0 Å². The van der Waals surface area contributed by atoms with Gasteiger partial charge in [0.2, 0.25) is 0 Å². The van der Waals surface area contributed by atoms with Crippen LogP contribution < -0.4 is 0 Å². The van der Waals surface area contributed by atoms with Crippen LogP contribution in [0, 0.1) is 11.6 Å². The number of rotatable bonds is 8. The quantitative estimate of drug-likeness (QED) is 0.144. The highest BCUT2D eigenvalue weighted by molar-refractivity contribution is 7.27. The average molecular weight is 1220 g/mol. The number of hydrogen-bond donors (Lipinski definition) is 0. The molecule has 6 aromatic heterocycles. The minimum absolute atomic E-state index is 0.391. The summed E-state index contributed by atoms with van der Waals surface area (Å²) >= 11 is 3.64. The van der Waals surface area contributed by atoms with Gasteiger partial charge >= 0.3 is 0 Å². The second-order valence-electron chi connectivity index (χ2n) is 25.6. The molecule has 0 atom stereocenters. The zero-order valence-corrected chi connectivity index (χ0v) is 52.4. The molecule has 4 nitrogen and oxygen atoms in total. The summed E-state index contributed by atoms with van der Waals surface area (Å²) in [5, 5.41) is 13.6. The molecule has 438 valence electrons. The van der Waals surface area contributed by atoms with E-state index in [-0.39, 0.29) is 0 Å². The molecule has 0 N–H and O–H groups in total. The lowest BCUT2D eigenvalue weighted by atomic mass is 9.74. The summed E-state index contributed by atoms with van der Waals surface area (Å²) in [6.45, 7) is 9.25. The molecule has 0 amide bonds. The lowest BCUT2D eigenvalue weighted by Gasteiger charge is -2.42. The number of nitrogens with zero attached hydrogens (tertiary/aromatic N) is 4. The molecule has 8 heteroatoms. The number of fused-ring (bicyclic) bond motifs is 20. The summed E-state index contributed by atoms with van der Waals surface area (Å²) in [4.78, 5) is 0. The molecule has 0 saturated carbocycles. The van der Waals surface area contributed by atoms with E-state index in [4.69, 9.17) is 0 Å². The average Bonchev–Trinajstić information content (AvgIpc) is 1.26. The molecule has 0 spiro atoms. The van der Waals surface area contributed by atoms with Gasteiger partial charge in [-0.25, -0.2) is 8.78 Å². The molecule has 13 aromatic carbocycles. The first kappa shape index (κ1) is 53.2. The Morgan fingerprint density at radius 1 is 0.272 bits per heavy atom. The van der Waals surface area contributed by atoms with Crippen molar-refractivity contribution in [3.05, 3.63) is 290 Å². The van der Waals surface area contributed by atoms with Crippen LogP contribution in [0.4, 0.5) is 8.78 Å². The van der Waals surface area contributed by atoms with Crippen molar-refractivity contribution in [1.29, 1.82) is 0 Å². The summed E-state index contributed by atoms with van der Waals surface area (Å²) in [6, 6.07) is 93.5. The second-order valence-corrected chi connectivity index (χ2v) is 27.7. The molecule has 0 bridgehead atoms. The number of aromatic nitrogens is 4. The predicted molar refractivity (Wildman–Crippen MR) is 387 cm³/mol. The number of para-hydroxylation sites is 6. The zero-order valence-electron chi connectivity index (χ0n) is 50.8. The Bertz CT molecular complexity index is 6010. The first-order valence-electron chi connectivity index (χ1n) is 31.5. The molecule has 92 heavy (non-hydrogen) atoms. The molecule has 6 heterocycles. The molecule has 0 saturated heterocycles. The Hall–Kier alpha value is -10.6. The van der Waals surface area contributed by atoms with Gasteiger partial charge in [-0.05, 0) is 106 Å². The fourth-order valence-corrected chi connectivity index (χ4v) is 19.0. The third-order valence-corrected chi connectivity index (χ3v) is 22.5. The third-order valence-electron chi connectivity index (χ3n) is 20.0. The van der Waals surface area contributed by atoms with Crippen LogP contribution in [0.2, 0.25) is 0 Å². The Morgan fingerprint density at radius 2 is 0.576 bits per heavy atom. The normalized spacial score (nSPS) is 12.7. The van der Waals surface area contributed by atoms with Crippen LogP contribution in [0.25, 0.3) is 161 Å². The molecular formula is C84H56F2N4S2. The largest absolute Gasteiger partial charge is 0.331 e. The van der Waals surface area contributed by atoms with Crippen LogP contribution in [0.3, 0.4) is 0 Å². The molecule has 0 aliphatic rings. The van der Waals surface area contributed by atoms with E-state index in [0.29, 0.717) is 22.3 Å². The molecule has 0 aliphatic heterocycles. The summed E-state index contributed by atoms with van der Waals surface area (Å²) < 4.78 is 52.6. The van der Waals surface area contributed by atoms with Gasteiger partial charge in [0.05, 0.1) is 44.5 Å². The van der Waals surface area contributed by atoms with E-state index in [1.165, 1.54) is 40.3 Å². The minimum atomic E-state index is -1.13. The maximum atomic E-state index is 18.9. The van der Waals surface area contributed by atoms with E-state index in [1.807, 2.05) is 46.9 Å². The SMILES string of the molecule is CC(C)(c1c(-c2ccccc2F)c(-n2c3ccccc3c3c4sc5ccccc5c4ccc32)c(C(C)(C)n2c3ccccc3c3ccccc32)c(-n2c3ccccc3c3c4sc5ccccc5c4ccc32)c1-c1ccccc1F)n1c2ccccc2c2ccccc21. The Balaban J connectivity index is 1.16. The number of thiophene rings is 2. The number of hydrogen-bond acceptors (Lipinski definition) is 2. The van der Waals surface area contributed by atoms with Crippen LogP contribution in [-0.2, 0) is 11.1 Å². The molecule has 0 unspecified atom stereocenters. The van der Waals surface area contributed by atoms with Crippen molar-refractivity contribution >= 4 is 150 Å². The third kappa shape index (κ3) is 7.13. The Morgan fingerprint density at radius 3 is 0.957 bits per heavy atom. The van der Waals surface area contributed by atoms with Crippen LogP contribution in [0.15, 0.2) is 267 Å². The summed E-state index contributed by atoms with van der Waals surface area (Å²) in [6.07, 6.45) is 0. The topological polar surface area (TPSA) is 19.7 Å². The van der Waals surface area contributed by atoms with Crippen molar-refractivity contribution in [2.24, 2.45) is 0 Å². The predicted octanol–water partition coefficient (Wildman–Crippen LogP) is 24.0. The van der Waals surface area contributed by atoms with Gasteiger partial charge in [0.15, 0.2) is 0 Å². The van der Waals surface area contributed by atoms with Crippen LogP contribution in [0.5, 0.6) is 0 Å². The van der Waals surface area contributed by atoms with Crippen LogP contribution in [-0.4, -0.2) is 18.3 Å². The summed E-state index contributed by atoms with van der Waals surface area (Å²) in [7, 11) is 0. The van der Waals surface area contributed by atoms with Gasteiger partial charge < -0.3 is 18.3 Å². The highest BCUT2D eigenvalue weighted by atomic mass is 32.1. The lowest BCUT2D eigenvalue weighted by Crippen LogP contribution is -2.35. The fourth-order valence-electron chi connectivity index (χ4n) is 16.4. The second kappa shape index (κ2) is 19.4. The van der Waals surface area contributed by atoms with E-state index in [1.54, 1.807) is 24.3 Å². The number of halogens is 2. The van der Waals surface area contributed by atoms with Gasteiger partial charge in [-0.1, -0.05) is 194 Å². The lowest BCUT2D eigenvalue weighted by molar-refractivity contribution is 0.454. The van der Waals surface area contributed by atoms with Gasteiger partial charge in [-0.15, -0.1) is 22.7 Å². The van der Waals surface area contributed by atoms with Gasteiger partial charge in [0.1, 0.15) is 11.6 Å². The smallest absolute Gasteiger partial charge is 0.131 e. The highest BCUT2D eigenvalue weighted by Crippen LogP contribution is 2.59. The van der Waals surface area contributed by atoms with Crippen molar-refractivity contribution < 1.29 is 8.78 Å². The highest BCUT2D eigenvalue weighted by Gasteiger charge is 2.45. The fraction of sp³-hybridized carbons (Fsp3) is 0.0714. The van der Waals surface area contributed by atoms with E-state index in [2.05, 4.69) is 264 Å². The molecule has 0 radical (unpaired) electrons. The van der Waals surface area contributed by atoms with Gasteiger partial charge in [0, 0.05) is 133 Å². The van der Waals surface area contributed by atoms with Crippen molar-refractivity contribution in [3.63, 3.8) is 0 Å². The first-order chi connectivity index (χ1) is 45.1. The molecule has 19 aromatic rings. The van der Waals surface area contributed by atoms with Crippen LogP contribution >= 0.6 is 22.7 Å². The molecular weight excluding hydrogens is 1170 g/mol. The molecule has 19 rings (SSSR count). The maximum absolute atomic E-state index is 18.9. The minimum Gasteiger partial charge on any atom is -0.331 e. The van der Waals surface area contributed by atoms with Crippen molar-refractivity contribution in [2.75, 3.05) is 0 Å². The number of benzene rings is 13. The van der Waals surface area contributed by atoms with Crippen molar-refractivity contribution in [2.45, 2.75) is 38.8 Å². The molecule has 0 aliphatic carbocycles. The Kier molecular flexibility index (Phi) is 11.2.